The Morgan fingerprint density at radius 3 is 2.23 bits per heavy atom. The predicted octanol–water partition coefficient (Wildman–Crippen LogP) is 4.69. The number of aromatic nitrogens is 3. The maximum atomic E-state index is 13.1. The molecule has 35 heavy (non-hydrogen) atoms. The number of benzene rings is 1. The van der Waals surface area contributed by atoms with E-state index in [2.05, 4.69) is 36.2 Å². The maximum absolute atomic E-state index is 13.1. The largest absolute Gasteiger partial charge is 0.416 e. The van der Waals surface area contributed by atoms with Crippen molar-refractivity contribution >= 4 is 12.1 Å². The molecule has 3 heterocycles. The SMILES string of the molecule is CC(C)(C)C1NCC12CCN(C(=O)/C=C\n1cnc(-c3cc(C(F)(F)F)cc(C(F)(F)F)c3)n1)C2. The number of nitrogens with zero attached hydrogens (tertiary/aromatic N) is 4. The molecule has 2 aromatic rings. The van der Waals surface area contributed by atoms with Crippen LogP contribution in [0.3, 0.4) is 0 Å². The minimum atomic E-state index is -4.97. The molecule has 0 saturated carbocycles. The molecule has 1 aromatic carbocycles. The van der Waals surface area contributed by atoms with Crippen LogP contribution in [0.25, 0.3) is 17.6 Å². The molecular weight excluding hydrogens is 476 g/mol. The van der Waals surface area contributed by atoms with Gasteiger partial charge in [0.25, 0.3) is 0 Å². The van der Waals surface area contributed by atoms with Gasteiger partial charge in [-0.05, 0) is 30.0 Å². The Morgan fingerprint density at radius 2 is 1.71 bits per heavy atom. The van der Waals surface area contributed by atoms with Crippen LogP contribution < -0.4 is 5.32 Å². The molecule has 190 valence electrons. The minimum absolute atomic E-state index is 0.0296. The van der Waals surface area contributed by atoms with E-state index in [0.29, 0.717) is 31.3 Å². The Morgan fingerprint density at radius 1 is 1.09 bits per heavy atom. The second kappa shape index (κ2) is 8.35. The molecule has 2 saturated heterocycles. The minimum Gasteiger partial charge on any atom is -0.338 e. The lowest BCUT2D eigenvalue weighted by atomic mass is 9.63. The number of hydrogen-bond acceptors (Lipinski definition) is 4. The van der Waals surface area contributed by atoms with E-state index in [4.69, 9.17) is 0 Å². The van der Waals surface area contributed by atoms with Gasteiger partial charge in [0, 0.05) is 48.9 Å². The smallest absolute Gasteiger partial charge is 0.338 e. The molecule has 1 aromatic heterocycles. The summed E-state index contributed by atoms with van der Waals surface area (Å²) >= 11 is 0. The summed E-state index contributed by atoms with van der Waals surface area (Å²) in [6.07, 6.45) is -5.40. The van der Waals surface area contributed by atoms with Crippen molar-refractivity contribution in [3.63, 3.8) is 0 Å². The van der Waals surface area contributed by atoms with Gasteiger partial charge in [-0.1, -0.05) is 20.8 Å². The number of rotatable bonds is 3. The third-order valence-corrected chi connectivity index (χ3v) is 6.56. The molecule has 0 radical (unpaired) electrons. The Balaban J connectivity index is 1.49. The normalized spacial score (nSPS) is 23.3. The number of carbonyl (C=O) groups is 1. The molecule has 0 aliphatic carbocycles. The lowest BCUT2D eigenvalue weighted by molar-refractivity contribution is -0.143. The Hall–Kier alpha value is -2.89. The summed E-state index contributed by atoms with van der Waals surface area (Å²) in [5.41, 5.74) is -3.25. The monoisotopic (exact) mass is 501 g/mol. The average molecular weight is 501 g/mol. The number of amides is 1. The van der Waals surface area contributed by atoms with Gasteiger partial charge in [0.2, 0.25) is 5.91 Å². The van der Waals surface area contributed by atoms with Crippen molar-refractivity contribution in [1.29, 1.82) is 0 Å². The highest BCUT2D eigenvalue weighted by Crippen LogP contribution is 2.46. The van der Waals surface area contributed by atoms with Crippen molar-refractivity contribution < 1.29 is 31.1 Å². The van der Waals surface area contributed by atoms with Crippen LogP contribution in [-0.2, 0) is 17.1 Å². The van der Waals surface area contributed by atoms with Gasteiger partial charge in [0.1, 0.15) is 6.33 Å². The van der Waals surface area contributed by atoms with Gasteiger partial charge < -0.3 is 10.2 Å². The lowest BCUT2D eigenvalue weighted by Gasteiger charge is -2.54. The first-order chi connectivity index (χ1) is 16.1. The highest BCUT2D eigenvalue weighted by molar-refractivity contribution is 5.90. The topological polar surface area (TPSA) is 63.1 Å². The molecule has 1 spiro atoms. The maximum Gasteiger partial charge on any atom is 0.416 e. The fourth-order valence-corrected chi connectivity index (χ4v) is 4.99. The zero-order valence-electron chi connectivity index (χ0n) is 19.3. The summed E-state index contributed by atoms with van der Waals surface area (Å²) < 4.78 is 79.8. The van der Waals surface area contributed by atoms with Crippen molar-refractivity contribution in [2.24, 2.45) is 10.8 Å². The number of nitrogens with one attached hydrogen (secondary N) is 1. The van der Waals surface area contributed by atoms with Gasteiger partial charge in [-0.3, -0.25) is 4.79 Å². The number of carbonyl (C=O) groups excluding carboxylic acids is 1. The number of halogens is 6. The summed E-state index contributed by atoms with van der Waals surface area (Å²) in [6.45, 7) is 8.51. The first-order valence-corrected chi connectivity index (χ1v) is 11.0. The van der Waals surface area contributed by atoms with Crippen molar-refractivity contribution in [1.82, 2.24) is 25.0 Å². The first-order valence-electron chi connectivity index (χ1n) is 11.0. The zero-order valence-corrected chi connectivity index (χ0v) is 19.3. The molecule has 0 bridgehead atoms. The van der Waals surface area contributed by atoms with Gasteiger partial charge in [-0.15, -0.1) is 5.10 Å². The molecule has 2 aliphatic rings. The molecular formula is C23H25F6N5O. The van der Waals surface area contributed by atoms with Crippen LogP contribution in [-0.4, -0.2) is 51.2 Å². The lowest BCUT2D eigenvalue weighted by Crippen LogP contribution is -2.68. The number of hydrogen-bond donors (Lipinski definition) is 1. The van der Waals surface area contributed by atoms with Gasteiger partial charge in [0.05, 0.1) is 11.1 Å². The summed E-state index contributed by atoms with van der Waals surface area (Å²) in [4.78, 5) is 18.3. The summed E-state index contributed by atoms with van der Waals surface area (Å²) in [5.74, 6) is -0.579. The molecule has 6 nitrogen and oxygen atoms in total. The van der Waals surface area contributed by atoms with Gasteiger partial charge >= 0.3 is 12.4 Å². The predicted molar refractivity (Wildman–Crippen MR) is 116 cm³/mol. The number of likely N-dealkylation sites (tertiary alicyclic amines) is 1. The number of alkyl halides is 6. The first kappa shape index (κ1) is 25.2. The zero-order chi connectivity index (χ0) is 25.8. The fourth-order valence-electron chi connectivity index (χ4n) is 4.99. The Bertz CT molecular complexity index is 1110. The van der Waals surface area contributed by atoms with Crippen LogP contribution in [0.2, 0.25) is 0 Å². The average Bonchev–Trinajstić information content (AvgIpc) is 3.37. The summed E-state index contributed by atoms with van der Waals surface area (Å²) in [7, 11) is 0. The molecule has 2 aliphatic heterocycles. The summed E-state index contributed by atoms with van der Waals surface area (Å²) in [6, 6.07) is 1.46. The van der Waals surface area contributed by atoms with Crippen LogP contribution in [0, 0.1) is 10.8 Å². The van der Waals surface area contributed by atoms with Gasteiger partial charge in [-0.2, -0.15) is 26.3 Å². The van der Waals surface area contributed by atoms with Crippen molar-refractivity contribution in [3.8, 4) is 11.4 Å². The standard InChI is InChI=1S/C23H25F6N5O/c1-20(2,3)19-21(11-30-19)5-7-33(12-21)17(35)4-6-34-13-31-18(32-34)14-8-15(22(24,25)26)10-16(9-14)23(27,28)29/h4,6,8-10,13,19,30H,5,7,11-12H2,1-3H3/b6-4-. The van der Waals surface area contributed by atoms with E-state index >= 15 is 0 Å². The molecule has 2 atom stereocenters. The highest BCUT2D eigenvalue weighted by Gasteiger charge is 2.55. The molecule has 4 rings (SSSR count). The van der Waals surface area contributed by atoms with Crippen LogP contribution >= 0.6 is 0 Å². The molecule has 1 amide bonds. The van der Waals surface area contributed by atoms with Gasteiger partial charge in [-0.25, -0.2) is 9.67 Å². The molecule has 1 N–H and O–H groups in total. The quantitative estimate of drug-likeness (QED) is 0.490. The van der Waals surface area contributed by atoms with Crippen LogP contribution in [0.15, 0.2) is 30.6 Å². The summed E-state index contributed by atoms with van der Waals surface area (Å²) in [5, 5.41) is 7.39. The van der Waals surface area contributed by atoms with E-state index in [1.807, 2.05) is 0 Å². The molecule has 2 unspecified atom stereocenters. The third kappa shape index (κ3) is 5.07. The fraction of sp³-hybridized carbons (Fsp3) is 0.522. The van der Waals surface area contributed by atoms with Crippen LogP contribution in [0.5, 0.6) is 0 Å². The second-order valence-electron chi connectivity index (χ2n) is 10.2. The van der Waals surface area contributed by atoms with Crippen LogP contribution in [0.4, 0.5) is 26.3 Å². The van der Waals surface area contributed by atoms with Crippen molar-refractivity contribution in [3.05, 3.63) is 41.7 Å². The van der Waals surface area contributed by atoms with E-state index in [9.17, 15) is 31.1 Å². The third-order valence-electron chi connectivity index (χ3n) is 6.56. The van der Waals surface area contributed by atoms with E-state index < -0.39 is 29.0 Å². The van der Waals surface area contributed by atoms with E-state index in [0.717, 1.165) is 24.0 Å². The van der Waals surface area contributed by atoms with Gasteiger partial charge in [0.15, 0.2) is 5.82 Å². The van der Waals surface area contributed by atoms with E-state index in [1.54, 1.807) is 4.90 Å². The Labute approximate surface area is 198 Å². The molecule has 2 fully saturated rings. The van der Waals surface area contributed by atoms with Crippen LogP contribution in [0.1, 0.15) is 38.3 Å². The van der Waals surface area contributed by atoms with Crippen molar-refractivity contribution in [2.75, 3.05) is 19.6 Å². The van der Waals surface area contributed by atoms with Crippen molar-refractivity contribution in [2.45, 2.75) is 45.6 Å². The molecule has 12 heteroatoms. The van der Waals surface area contributed by atoms with E-state index in [1.165, 1.54) is 12.3 Å². The van der Waals surface area contributed by atoms with E-state index in [-0.39, 0.29) is 28.6 Å². The highest BCUT2D eigenvalue weighted by atomic mass is 19.4. The Kier molecular flexibility index (Phi) is 6.02. The second-order valence-corrected chi connectivity index (χ2v) is 10.2.